The van der Waals surface area contributed by atoms with Crippen molar-refractivity contribution in [3.8, 4) is 0 Å². The first-order valence-corrected chi connectivity index (χ1v) is 7.74. The third kappa shape index (κ3) is 5.11. The Bertz CT molecular complexity index is 666. The largest absolute Gasteiger partial charge is 0.481 e. The van der Waals surface area contributed by atoms with Crippen molar-refractivity contribution >= 4 is 18.0 Å². The summed E-state index contributed by atoms with van der Waals surface area (Å²) in [6, 6.07) is 7.40. The van der Waals surface area contributed by atoms with E-state index in [4.69, 9.17) is 9.84 Å². The van der Waals surface area contributed by atoms with Crippen LogP contribution in [-0.4, -0.2) is 53.3 Å². The number of nitrogens with zero attached hydrogens (tertiary/aromatic N) is 1. The van der Waals surface area contributed by atoms with Gasteiger partial charge in [0.2, 0.25) is 0 Å². The topological polar surface area (TPSA) is 95.9 Å². The quantitative estimate of drug-likeness (QED) is 0.838. The molecular weight excluding hydrogens is 357 g/mol. The van der Waals surface area contributed by atoms with Crippen LogP contribution in [0.15, 0.2) is 30.3 Å². The van der Waals surface area contributed by atoms with Gasteiger partial charge in [-0.05, 0) is 12.0 Å². The first-order chi connectivity index (χ1) is 12.2. The Kier molecular flexibility index (Phi) is 6.06. The maximum Gasteiger partial charge on any atom is 0.471 e. The van der Waals surface area contributed by atoms with E-state index in [1.54, 1.807) is 35.6 Å². The van der Waals surface area contributed by atoms with E-state index in [9.17, 15) is 27.6 Å². The number of likely N-dealkylation sites (tertiary alicyclic amines) is 1. The molecule has 1 heterocycles. The van der Waals surface area contributed by atoms with Crippen LogP contribution in [0, 0.1) is 5.92 Å². The molecule has 0 aromatic heterocycles. The van der Waals surface area contributed by atoms with Crippen molar-refractivity contribution in [3.05, 3.63) is 35.9 Å². The second-order valence-corrected chi connectivity index (χ2v) is 5.80. The third-order valence-electron chi connectivity index (χ3n) is 3.97. The highest BCUT2D eigenvalue weighted by Gasteiger charge is 2.44. The molecule has 1 fully saturated rings. The van der Waals surface area contributed by atoms with Crippen LogP contribution in [0.5, 0.6) is 0 Å². The Hall–Kier alpha value is -2.78. The summed E-state index contributed by atoms with van der Waals surface area (Å²) in [5, 5.41) is 10.8. The number of piperidine rings is 1. The Morgan fingerprint density at radius 1 is 1.23 bits per heavy atom. The van der Waals surface area contributed by atoms with Crippen molar-refractivity contribution < 1.29 is 37.4 Å². The molecule has 0 unspecified atom stereocenters. The van der Waals surface area contributed by atoms with Gasteiger partial charge in [0.1, 0.15) is 6.61 Å². The molecule has 0 aliphatic carbocycles. The number of carbonyl (C=O) groups is 3. The molecule has 2 rings (SSSR count). The molecule has 0 spiro atoms. The summed E-state index contributed by atoms with van der Waals surface area (Å²) in [6.45, 7) is -0.409. The van der Waals surface area contributed by atoms with E-state index < -0.39 is 36.1 Å². The molecule has 142 valence electrons. The molecule has 2 N–H and O–H groups in total. The van der Waals surface area contributed by atoms with Gasteiger partial charge in [-0.25, -0.2) is 4.79 Å². The number of carbonyl (C=O) groups excluding carboxylic acids is 2. The number of carboxylic acids is 1. The summed E-state index contributed by atoms with van der Waals surface area (Å²) in [5.41, 5.74) is 0.725. The second-order valence-electron chi connectivity index (χ2n) is 5.80. The van der Waals surface area contributed by atoms with Gasteiger partial charge < -0.3 is 20.1 Å². The van der Waals surface area contributed by atoms with Gasteiger partial charge in [0.25, 0.3) is 0 Å². The summed E-state index contributed by atoms with van der Waals surface area (Å²) >= 11 is 0. The first kappa shape index (κ1) is 19.5. The Morgan fingerprint density at radius 2 is 1.88 bits per heavy atom. The van der Waals surface area contributed by atoms with Crippen molar-refractivity contribution in [1.82, 2.24) is 10.2 Å². The predicted octanol–water partition coefficient (Wildman–Crippen LogP) is 1.78. The number of alkyl halides is 3. The number of rotatable bonds is 4. The number of carboxylic acid groups (broad SMARTS) is 1. The van der Waals surface area contributed by atoms with Crippen LogP contribution in [0.1, 0.15) is 12.0 Å². The Balaban J connectivity index is 1.99. The summed E-state index contributed by atoms with van der Waals surface area (Å²) in [7, 11) is 0. The van der Waals surface area contributed by atoms with Crippen LogP contribution >= 0.6 is 0 Å². The lowest BCUT2D eigenvalue weighted by Crippen LogP contribution is -2.57. The number of halogens is 3. The number of aliphatic carboxylic acids is 1. The van der Waals surface area contributed by atoms with Gasteiger partial charge in [0.05, 0.1) is 12.0 Å². The standard InChI is InChI=1S/C16H17F3N2O5/c17-16(18,19)14(24)20-12-8-21(7-6-11(12)13(22)23)15(25)26-9-10-4-2-1-3-5-10/h1-5,11-12H,6-9H2,(H,20,24)(H,22,23)/t11-,12+/m1/s1. The van der Waals surface area contributed by atoms with Crippen LogP contribution in [0.2, 0.25) is 0 Å². The lowest BCUT2D eigenvalue weighted by atomic mass is 9.91. The van der Waals surface area contributed by atoms with Crippen LogP contribution < -0.4 is 5.32 Å². The van der Waals surface area contributed by atoms with Gasteiger partial charge in [0.15, 0.2) is 0 Å². The van der Waals surface area contributed by atoms with Gasteiger partial charge in [-0.2, -0.15) is 13.2 Å². The highest BCUT2D eigenvalue weighted by atomic mass is 19.4. The molecule has 0 bridgehead atoms. The lowest BCUT2D eigenvalue weighted by Gasteiger charge is -2.36. The van der Waals surface area contributed by atoms with Crippen molar-refractivity contribution in [1.29, 1.82) is 0 Å². The molecule has 1 aromatic rings. The monoisotopic (exact) mass is 374 g/mol. The lowest BCUT2D eigenvalue weighted by molar-refractivity contribution is -0.175. The molecule has 7 nitrogen and oxygen atoms in total. The van der Waals surface area contributed by atoms with Crippen molar-refractivity contribution in [2.75, 3.05) is 13.1 Å². The molecule has 10 heteroatoms. The number of benzene rings is 1. The minimum absolute atomic E-state index is 0.00295. The van der Waals surface area contributed by atoms with Gasteiger partial charge >= 0.3 is 24.1 Å². The molecule has 0 saturated carbocycles. The molecule has 2 amide bonds. The van der Waals surface area contributed by atoms with Gasteiger partial charge in [-0.15, -0.1) is 0 Å². The minimum Gasteiger partial charge on any atom is -0.481 e. The SMILES string of the molecule is O=C(O)[C@@H]1CCN(C(=O)OCc2ccccc2)C[C@@H]1NC(=O)C(F)(F)F. The molecule has 1 aliphatic heterocycles. The smallest absolute Gasteiger partial charge is 0.471 e. The summed E-state index contributed by atoms with van der Waals surface area (Å²) < 4.78 is 42.4. The summed E-state index contributed by atoms with van der Waals surface area (Å²) in [6.07, 6.45) is -6.03. The average Bonchev–Trinajstić information content (AvgIpc) is 2.59. The number of ether oxygens (including phenoxy) is 1. The van der Waals surface area contributed by atoms with Gasteiger partial charge in [-0.1, -0.05) is 30.3 Å². The van der Waals surface area contributed by atoms with E-state index in [2.05, 4.69) is 0 Å². The third-order valence-corrected chi connectivity index (χ3v) is 3.97. The maximum atomic E-state index is 12.4. The van der Waals surface area contributed by atoms with E-state index >= 15 is 0 Å². The van der Waals surface area contributed by atoms with Gasteiger partial charge in [0, 0.05) is 13.1 Å². The predicted molar refractivity (Wildman–Crippen MR) is 81.9 cm³/mol. The molecule has 0 radical (unpaired) electrons. The van der Waals surface area contributed by atoms with E-state index in [0.29, 0.717) is 0 Å². The fourth-order valence-electron chi connectivity index (χ4n) is 2.62. The van der Waals surface area contributed by atoms with Crippen molar-refractivity contribution in [2.24, 2.45) is 5.92 Å². The fraction of sp³-hybridized carbons (Fsp3) is 0.438. The zero-order chi connectivity index (χ0) is 19.3. The first-order valence-electron chi connectivity index (χ1n) is 7.74. The van der Waals surface area contributed by atoms with Crippen molar-refractivity contribution in [2.45, 2.75) is 25.2 Å². The highest BCUT2D eigenvalue weighted by molar-refractivity contribution is 5.83. The Morgan fingerprint density at radius 3 is 2.46 bits per heavy atom. The van der Waals surface area contributed by atoms with Crippen molar-refractivity contribution in [3.63, 3.8) is 0 Å². The number of hydrogen-bond donors (Lipinski definition) is 2. The number of hydrogen-bond acceptors (Lipinski definition) is 4. The number of nitrogens with one attached hydrogen (secondary N) is 1. The fourth-order valence-corrected chi connectivity index (χ4v) is 2.62. The highest BCUT2D eigenvalue weighted by Crippen LogP contribution is 2.22. The normalized spacial score (nSPS) is 20.3. The molecule has 1 aromatic carbocycles. The van der Waals surface area contributed by atoms with E-state index in [0.717, 1.165) is 10.5 Å². The van der Waals surface area contributed by atoms with E-state index in [-0.39, 0.29) is 26.1 Å². The summed E-state index contributed by atoms with van der Waals surface area (Å²) in [5.74, 6) is -4.80. The molecule has 1 aliphatic rings. The average molecular weight is 374 g/mol. The van der Waals surface area contributed by atoms with Crippen LogP contribution in [0.4, 0.5) is 18.0 Å². The number of amides is 2. The minimum atomic E-state index is -5.14. The van der Waals surface area contributed by atoms with Gasteiger partial charge in [-0.3, -0.25) is 9.59 Å². The Labute approximate surface area is 146 Å². The molecule has 26 heavy (non-hydrogen) atoms. The molecular formula is C16H17F3N2O5. The van der Waals surface area contributed by atoms with E-state index in [1.807, 2.05) is 0 Å². The zero-order valence-electron chi connectivity index (χ0n) is 13.5. The molecule has 1 saturated heterocycles. The summed E-state index contributed by atoms with van der Waals surface area (Å²) in [4.78, 5) is 35.5. The van der Waals surface area contributed by atoms with E-state index in [1.165, 1.54) is 0 Å². The maximum absolute atomic E-state index is 12.4. The zero-order valence-corrected chi connectivity index (χ0v) is 13.5. The van der Waals surface area contributed by atoms with Crippen LogP contribution in [-0.2, 0) is 20.9 Å². The molecule has 2 atom stereocenters. The van der Waals surface area contributed by atoms with Crippen LogP contribution in [0.25, 0.3) is 0 Å². The second kappa shape index (κ2) is 8.07. The van der Waals surface area contributed by atoms with Crippen LogP contribution in [0.3, 0.4) is 0 Å².